The van der Waals surface area contributed by atoms with Crippen molar-refractivity contribution in [2.45, 2.75) is 26.2 Å². The third-order valence-electron chi connectivity index (χ3n) is 2.41. The summed E-state index contributed by atoms with van der Waals surface area (Å²) in [6.45, 7) is 3.92. The number of halogens is 3. The molecular formula is C12H11F3N2S. The molecule has 1 heterocycles. The Balaban J connectivity index is 2.28. The van der Waals surface area contributed by atoms with Crippen LogP contribution in [0.15, 0.2) is 12.1 Å². The van der Waals surface area contributed by atoms with Gasteiger partial charge in [0.1, 0.15) is 27.5 Å². The van der Waals surface area contributed by atoms with E-state index in [0.717, 1.165) is 5.01 Å². The topological polar surface area (TPSA) is 25.8 Å². The highest BCUT2D eigenvalue weighted by Gasteiger charge is 2.15. The Morgan fingerprint density at radius 3 is 2.22 bits per heavy atom. The average molecular weight is 272 g/mol. The van der Waals surface area contributed by atoms with Gasteiger partial charge in [0, 0.05) is 30.0 Å². The Morgan fingerprint density at radius 2 is 1.72 bits per heavy atom. The van der Waals surface area contributed by atoms with Gasteiger partial charge in [0.25, 0.3) is 0 Å². The molecule has 0 fully saturated rings. The van der Waals surface area contributed by atoms with Crippen LogP contribution in [-0.4, -0.2) is 10.2 Å². The summed E-state index contributed by atoms with van der Waals surface area (Å²) in [5, 5.41) is 9.15. The Morgan fingerprint density at radius 1 is 1.11 bits per heavy atom. The number of nitrogens with zero attached hydrogens (tertiary/aromatic N) is 2. The summed E-state index contributed by atoms with van der Waals surface area (Å²) in [5.74, 6) is -2.49. The highest BCUT2D eigenvalue weighted by Crippen LogP contribution is 2.23. The third-order valence-corrected chi connectivity index (χ3v) is 3.63. The van der Waals surface area contributed by atoms with E-state index < -0.39 is 17.5 Å². The van der Waals surface area contributed by atoms with Crippen molar-refractivity contribution in [2.75, 3.05) is 0 Å². The highest BCUT2D eigenvalue weighted by molar-refractivity contribution is 7.11. The van der Waals surface area contributed by atoms with Crippen LogP contribution < -0.4 is 0 Å². The maximum absolute atomic E-state index is 13.4. The summed E-state index contributed by atoms with van der Waals surface area (Å²) >= 11 is 1.31. The van der Waals surface area contributed by atoms with Gasteiger partial charge < -0.3 is 0 Å². The molecule has 1 aromatic carbocycles. The fourth-order valence-corrected chi connectivity index (χ4v) is 2.32. The second-order valence-corrected chi connectivity index (χ2v) is 5.31. The lowest BCUT2D eigenvalue weighted by atomic mass is 10.1. The van der Waals surface area contributed by atoms with Gasteiger partial charge in [-0.25, -0.2) is 13.2 Å². The van der Waals surface area contributed by atoms with Gasteiger partial charge in [-0.2, -0.15) is 0 Å². The van der Waals surface area contributed by atoms with E-state index >= 15 is 0 Å². The first kappa shape index (κ1) is 13.0. The van der Waals surface area contributed by atoms with Crippen molar-refractivity contribution >= 4 is 11.3 Å². The lowest BCUT2D eigenvalue weighted by Gasteiger charge is -2.02. The molecule has 2 nitrogen and oxygen atoms in total. The molecule has 0 saturated heterocycles. The Hall–Kier alpha value is -1.43. The van der Waals surface area contributed by atoms with Crippen LogP contribution in [-0.2, 0) is 6.42 Å². The van der Waals surface area contributed by atoms with Crippen LogP contribution in [0.4, 0.5) is 13.2 Å². The van der Waals surface area contributed by atoms with Crippen molar-refractivity contribution in [3.8, 4) is 0 Å². The van der Waals surface area contributed by atoms with Crippen molar-refractivity contribution in [1.29, 1.82) is 0 Å². The smallest absolute Gasteiger partial charge is 0.132 e. The molecule has 0 radical (unpaired) electrons. The minimum absolute atomic E-state index is 0.0116. The number of benzene rings is 1. The first-order valence-electron chi connectivity index (χ1n) is 5.43. The van der Waals surface area contributed by atoms with Gasteiger partial charge in [0.2, 0.25) is 0 Å². The van der Waals surface area contributed by atoms with Crippen LogP contribution >= 0.6 is 11.3 Å². The molecule has 0 aliphatic heterocycles. The number of hydrogen-bond acceptors (Lipinski definition) is 3. The van der Waals surface area contributed by atoms with E-state index in [4.69, 9.17) is 0 Å². The monoisotopic (exact) mass is 272 g/mol. The second kappa shape index (κ2) is 5.06. The van der Waals surface area contributed by atoms with Crippen LogP contribution in [0.1, 0.15) is 35.3 Å². The first-order valence-corrected chi connectivity index (χ1v) is 6.24. The van der Waals surface area contributed by atoms with E-state index in [1.807, 2.05) is 13.8 Å². The fraction of sp³-hybridized carbons (Fsp3) is 0.333. The molecule has 1 aromatic heterocycles. The van der Waals surface area contributed by atoms with E-state index in [2.05, 4.69) is 10.2 Å². The molecule has 0 spiro atoms. The lowest BCUT2D eigenvalue weighted by molar-refractivity contribution is 0.527. The zero-order chi connectivity index (χ0) is 13.3. The van der Waals surface area contributed by atoms with Crippen LogP contribution in [0.3, 0.4) is 0 Å². The van der Waals surface area contributed by atoms with E-state index in [1.165, 1.54) is 11.3 Å². The molecule has 96 valence electrons. The molecule has 0 N–H and O–H groups in total. The quantitative estimate of drug-likeness (QED) is 0.852. The molecule has 0 amide bonds. The standard InChI is InChI=1S/C12H11F3N2S/c1-6(2)12-17-16-11(18-12)5-8-9(14)3-7(13)4-10(8)15/h3-4,6H,5H2,1-2H3. The molecule has 0 atom stereocenters. The summed E-state index contributed by atoms with van der Waals surface area (Å²) in [5.41, 5.74) is -0.178. The van der Waals surface area contributed by atoms with E-state index in [9.17, 15) is 13.2 Å². The van der Waals surface area contributed by atoms with E-state index in [-0.39, 0.29) is 17.9 Å². The number of rotatable bonds is 3. The van der Waals surface area contributed by atoms with Crippen LogP contribution in [0.5, 0.6) is 0 Å². The molecule has 0 aliphatic rings. The first-order chi connectivity index (χ1) is 8.47. The second-order valence-electron chi connectivity index (χ2n) is 4.21. The fourth-order valence-electron chi connectivity index (χ4n) is 1.46. The summed E-state index contributed by atoms with van der Waals surface area (Å²) < 4.78 is 39.6. The maximum Gasteiger partial charge on any atom is 0.132 e. The average Bonchev–Trinajstić information content (AvgIpc) is 2.71. The van der Waals surface area contributed by atoms with Crippen molar-refractivity contribution in [3.63, 3.8) is 0 Å². The van der Waals surface area contributed by atoms with Crippen molar-refractivity contribution < 1.29 is 13.2 Å². The van der Waals surface area contributed by atoms with Crippen LogP contribution in [0, 0.1) is 17.5 Å². The van der Waals surface area contributed by atoms with Gasteiger partial charge in [-0.15, -0.1) is 21.5 Å². The maximum atomic E-state index is 13.4. The highest BCUT2D eigenvalue weighted by atomic mass is 32.1. The third kappa shape index (κ3) is 2.69. The summed E-state index contributed by atoms with van der Waals surface area (Å²) in [4.78, 5) is 0. The van der Waals surface area contributed by atoms with Crippen LogP contribution in [0.2, 0.25) is 0 Å². The molecular weight excluding hydrogens is 261 g/mol. The van der Waals surface area contributed by atoms with Crippen LogP contribution in [0.25, 0.3) is 0 Å². The van der Waals surface area contributed by atoms with Gasteiger partial charge >= 0.3 is 0 Å². The lowest BCUT2D eigenvalue weighted by Crippen LogP contribution is -1.98. The SMILES string of the molecule is CC(C)c1nnc(Cc2c(F)cc(F)cc2F)s1. The van der Waals surface area contributed by atoms with E-state index in [1.54, 1.807) is 0 Å². The van der Waals surface area contributed by atoms with Crippen molar-refractivity contribution in [3.05, 3.63) is 45.2 Å². The zero-order valence-electron chi connectivity index (χ0n) is 9.88. The molecule has 2 aromatic rings. The van der Waals surface area contributed by atoms with Gasteiger partial charge in [-0.3, -0.25) is 0 Å². The molecule has 0 saturated carbocycles. The predicted molar refractivity (Wildman–Crippen MR) is 63.1 cm³/mol. The largest absolute Gasteiger partial charge is 0.207 e. The minimum Gasteiger partial charge on any atom is -0.207 e. The van der Waals surface area contributed by atoms with Gasteiger partial charge in [-0.1, -0.05) is 13.8 Å². The minimum atomic E-state index is -0.922. The molecule has 0 aliphatic carbocycles. The van der Waals surface area contributed by atoms with Crippen molar-refractivity contribution in [1.82, 2.24) is 10.2 Å². The Bertz CT molecular complexity index is 543. The van der Waals surface area contributed by atoms with Gasteiger partial charge in [-0.05, 0) is 0 Å². The van der Waals surface area contributed by atoms with Gasteiger partial charge in [0.05, 0.1) is 0 Å². The molecule has 18 heavy (non-hydrogen) atoms. The normalized spacial score (nSPS) is 11.2. The molecule has 0 bridgehead atoms. The Kier molecular flexibility index (Phi) is 3.65. The predicted octanol–water partition coefficient (Wildman–Crippen LogP) is 3.67. The summed E-state index contributed by atoms with van der Waals surface area (Å²) in [6.07, 6.45) is -0.0116. The number of aromatic nitrogens is 2. The summed E-state index contributed by atoms with van der Waals surface area (Å²) in [7, 11) is 0. The molecule has 2 rings (SSSR count). The van der Waals surface area contributed by atoms with E-state index in [0.29, 0.717) is 17.1 Å². The Labute approximate surface area is 106 Å². The van der Waals surface area contributed by atoms with Gasteiger partial charge in [0.15, 0.2) is 0 Å². The molecule has 6 heteroatoms. The summed E-state index contributed by atoms with van der Waals surface area (Å²) in [6, 6.07) is 1.34. The number of hydrogen-bond donors (Lipinski definition) is 0. The van der Waals surface area contributed by atoms with Crippen molar-refractivity contribution in [2.24, 2.45) is 0 Å². The molecule has 0 unspecified atom stereocenters. The zero-order valence-corrected chi connectivity index (χ0v) is 10.7.